The van der Waals surface area contributed by atoms with E-state index in [1.807, 2.05) is 12.4 Å². The van der Waals surface area contributed by atoms with E-state index in [2.05, 4.69) is 40.4 Å². The van der Waals surface area contributed by atoms with Gasteiger partial charge in [0.2, 0.25) is 0 Å². The van der Waals surface area contributed by atoms with Gasteiger partial charge in [-0.3, -0.25) is 9.88 Å². The molecule has 154 valence electrons. The standard InChI is InChI=1S/C24H33N5/c1-28(22-9-5-7-18-8-6-11-25-23(18)22)17-20-15-21-19(16-27-20)10-12-26-24(21)29-13-3-2-4-14-29/h6,8,10-12,20,22,27H,2-5,7,9,13-17H2,1H3/t20-,22+/m1/s1. The molecule has 0 spiro atoms. The van der Waals surface area contributed by atoms with E-state index in [4.69, 9.17) is 9.97 Å². The molecular formula is C24H33N5. The monoisotopic (exact) mass is 391 g/mol. The van der Waals surface area contributed by atoms with Crippen molar-refractivity contribution in [1.29, 1.82) is 0 Å². The Hall–Kier alpha value is -1.98. The van der Waals surface area contributed by atoms with E-state index in [0.717, 1.165) is 32.6 Å². The molecule has 1 aliphatic carbocycles. The molecule has 1 N–H and O–H groups in total. The van der Waals surface area contributed by atoms with Gasteiger partial charge < -0.3 is 10.2 Å². The van der Waals surface area contributed by atoms with Gasteiger partial charge in [0, 0.05) is 50.2 Å². The summed E-state index contributed by atoms with van der Waals surface area (Å²) < 4.78 is 0. The second-order valence-corrected chi connectivity index (χ2v) is 9.00. The molecule has 2 aromatic heterocycles. The van der Waals surface area contributed by atoms with Crippen molar-refractivity contribution in [2.45, 2.75) is 63.6 Å². The summed E-state index contributed by atoms with van der Waals surface area (Å²) in [5, 5.41) is 3.79. The van der Waals surface area contributed by atoms with Crippen molar-refractivity contribution in [3.8, 4) is 0 Å². The summed E-state index contributed by atoms with van der Waals surface area (Å²) in [6, 6.07) is 7.45. The fraction of sp³-hybridized carbons (Fsp3) is 0.583. The van der Waals surface area contributed by atoms with E-state index >= 15 is 0 Å². The molecule has 0 unspecified atom stereocenters. The molecule has 0 bridgehead atoms. The second-order valence-electron chi connectivity index (χ2n) is 9.00. The van der Waals surface area contributed by atoms with Crippen molar-refractivity contribution >= 4 is 5.82 Å². The van der Waals surface area contributed by atoms with E-state index in [0.29, 0.717) is 12.1 Å². The van der Waals surface area contributed by atoms with E-state index in [-0.39, 0.29) is 0 Å². The largest absolute Gasteiger partial charge is 0.356 e. The van der Waals surface area contributed by atoms with Gasteiger partial charge in [-0.2, -0.15) is 0 Å². The molecule has 29 heavy (non-hydrogen) atoms. The first-order valence-electron chi connectivity index (χ1n) is 11.4. The highest BCUT2D eigenvalue weighted by atomic mass is 15.2. The molecule has 5 heteroatoms. The Kier molecular flexibility index (Phi) is 5.51. The summed E-state index contributed by atoms with van der Waals surface area (Å²) in [6.45, 7) is 4.32. The first-order valence-corrected chi connectivity index (χ1v) is 11.4. The number of fused-ring (bicyclic) bond motifs is 2. The fourth-order valence-electron chi connectivity index (χ4n) is 5.48. The van der Waals surface area contributed by atoms with Crippen molar-refractivity contribution in [3.63, 3.8) is 0 Å². The minimum absolute atomic E-state index is 0.443. The Balaban J connectivity index is 1.31. The van der Waals surface area contributed by atoms with Crippen LogP contribution in [0.3, 0.4) is 0 Å². The molecule has 1 fully saturated rings. The summed E-state index contributed by atoms with van der Waals surface area (Å²) in [7, 11) is 2.28. The van der Waals surface area contributed by atoms with Gasteiger partial charge in [0.15, 0.2) is 0 Å². The van der Waals surface area contributed by atoms with Gasteiger partial charge in [-0.1, -0.05) is 6.07 Å². The zero-order valence-corrected chi connectivity index (χ0v) is 17.6. The molecule has 5 nitrogen and oxygen atoms in total. The Morgan fingerprint density at radius 3 is 2.86 bits per heavy atom. The Bertz CT molecular complexity index is 845. The van der Waals surface area contributed by atoms with Crippen LogP contribution in [0, 0.1) is 0 Å². The lowest BCUT2D eigenvalue weighted by Crippen LogP contribution is -2.45. The summed E-state index contributed by atoms with van der Waals surface area (Å²) in [5.74, 6) is 1.25. The maximum atomic E-state index is 4.82. The van der Waals surface area contributed by atoms with Crippen molar-refractivity contribution in [1.82, 2.24) is 20.2 Å². The summed E-state index contributed by atoms with van der Waals surface area (Å²) >= 11 is 0. The third kappa shape index (κ3) is 3.90. The quantitative estimate of drug-likeness (QED) is 0.864. The number of aromatic nitrogens is 2. The van der Waals surface area contributed by atoms with Crippen molar-refractivity contribution in [3.05, 3.63) is 53.0 Å². The Morgan fingerprint density at radius 2 is 1.97 bits per heavy atom. The molecular weight excluding hydrogens is 358 g/mol. The van der Waals surface area contributed by atoms with Crippen LogP contribution in [0.15, 0.2) is 30.6 Å². The molecule has 2 aliphatic heterocycles. The zero-order chi connectivity index (χ0) is 19.6. The van der Waals surface area contributed by atoms with Crippen LogP contribution in [0.1, 0.15) is 60.5 Å². The number of likely N-dealkylation sites (N-methyl/N-ethyl adjacent to an activating group) is 1. The maximum absolute atomic E-state index is 4.82. The third-order valence-corrected chi connectivity index (χ3v) is 7.02. The average Bonchev–Trinajstić information content (AvgIpc) is 2.79. The zero-order valence-electron chi connectivity index (χ0n) is 17.6. The molecule has 0 radical (unpaired) electrons. The van der Waals surface area contributed by atoms with Crippen LogP contribution in [-0.4, -0.2) is 47.6 Å². The SMILES string of the molecule is CN(C[C@H]1Cc2c(ccnc2N2CCCCC2)CN1)[C@H]1CCCc2cccnc21. The van der Waals surface area contributed by atoms with Gasteiger partial charge in [0.25, 0.3) is 0 Å². The van der Waals surface area contributed by atoms with E-state index in [1.165, 1.54) is 66.7 Å². The summed E-state index contributed by atoms with van der Waals surface area (Å²) in [4.78, 5) is 14.6. The van der Waals surface area contributed by atoms with Gasteiger partial charge in [-0.05, 0) is 75.3 Å². The molecule has 0 saturated carbocycles. The topological polar surface area (TPSA) is 44.3 Å². The number of nitrogens with one attached hydrogen (secondary N) is 1. The average molecular weight is 392 g/mol. The first-order chi connectivity index (χ1) is 14.3. The maximum Gasteiger partial charge on any atom is 0.132 e. The minimum Gasteiger partial charge on any atom is -0.356 e. The molecule has 4 heterocycles. The van der Waals surface area contributed by atoms with Crippen LogP contribution >= 0.6 is 0 Å². The summed E-state index contributed by atoms with van der Waals surface area (Å²) in [6.07, 6.45) is 12.6. The van der Waals surface area contributed by atoms with Gasteiger partial charge in [-0.15, -0.1) is 0 Å². The predicted octanol–water partition coefficient (Wildman–Crippen LogP) is 3.49. The van der Waals surface area contributed by atoms with Crippen LogP contribution in [0.2, 0.25) is 0 Å². The molecule has 2 atom stereocenters. The predicted molar refractivity (Wildman–Crippen MR) is 117 cm³/mol. The number of aryl methyl sites for hydroxylation is 1. The van der Waals surface area contributed by atoms with Crippen molar-refractivity contribution < 1.29 is 0 Å². The van der Waals surface area contributed by atoms with E-state index in [1.54, 1.807) is 0 Å². The number of nitrogens with zero attached hydrogens (tertiary/aromatic N) is 4. The van der Waals surface area contributed by atoms with Crippen molar-refractivity contribution in [2.75, 3.05) is 31.6 Å². The van der Waals surface area contributed by atoms with Crippen LogP contribution < -0.4 is 10.2 Å². The number of anilines is 1. The fourth-order valence-corrected chi connectivity index (χ4v) is 5.48. The number of rotatable bonds is 4. The van der Waals surface area contributed by atoms with Crippen LogP contribution in [-0.2, 0) is 19.4 Å². The molecule has 3 aliphatic rings. The van der Waals surface area contributed by atoms with Gasteiger partial charge in [0.1, 0.15) is 5.82 Å². The highest BCUT2D eigenvalue weighted by Gasteiger charge is 2.29. The highest BCUT2D eigenvalue weighted by Crippen LogP contribution is 2.33. The summed E-state index contributed by atoms with van der Waals surface area (Å²) in [5.41, 5.74) is 5.65. The van der Waals surface area contributed by atoms with Gasteiger partial charge in [-0.25, -0.2) is 4.98 Å². The first kappa shape index (κ1) is 19.0. The lowest BCUT2D eigenvalue weighted by molar-refractivity contribution is 0.191. The lowest BCUT2D eigenvalue weighted by atomic mass is 9.90. The van der Waals surface area contributed by atoms with Gasteiger partial charge >= 0.3 is 0 Å². The number of hydrogen-bond donors (Lipinski definition) is 1. The molecule has 0 aromatic carbocycles. The molecule has 2 aromatic rings. The lowest BCUT2D eigenvalue weighted by Gasteiger charge is -2.37. The smallest absolute Gasteiger partial charge is 0.132 e. The number of hydrogen-bond acceptors (Lipinski definition) is 5. The van der Waals surface area contributed by atoms with Crippen LogP contribution in [0.25, 0.3) is 0 Å². The van der Waals surface area contributed by atoms with Crippen molar-refractivity contribution in [2.24, 2.45) is 0 Å². The molecule has 1 saturated heterocycles. The normalized spacial score (nSPS) is 24.3. The van der Waals surface area contributed by atoms with Crippen LogP contribution in [0.5, 0.6) is 0 Å². The van der Waals surface area contributed by atoms with E-state index in [9.17, 15) is 0 Å². The highest BCUT2D eigenvalue weighted by molar-refractivity contribution is 5.52. The Morgan fingerprint density at radius 1 is 1.07 bits per heavy atom. The third-order valence-electron chi connectivity index (χ3n) is 7.02. The molecule has 0 amide bonds. The Labute approximate surface area is 174 Å². The van der Waals surface area contributed by atoms with E-state index < -0.39 is 0 Å². The number of piperidine rings is 1. The number of pyridine rings is 2. The minimum atomic E-state index is 0.443. The molecule has 5 rings (SSSR count). The van der Waals surface area contributed by atoms with Gasteiger partial charge in [0.05, 0.1) is 11.7 Å². The van der Waals surface area contributed by atoms with Crippen LogP contribution in [0.4, 0.5) is 5.82 Å². The second kappa shape index (κ2) is 8.41.